The van der Waals surface area contributed by atoms with Gasteiger partial charge in [0.25, 0.3) is 0 Å². The van der Waals surface area contributed by atoms with E-state index in [1.54, 1.807) is 6.92 Å². The Kier molecular flexibility index (Phi) is 2.57. The Morgan fingerprint density at radius 1 is 1.77 bits per heavy atom. The summed E-state index contributed by atoms with van der Waals surface area (Å²) in [5.74, 6) is -2.24. The lowest BCUT2D eigenvalue weighted by atomic mass is 10.1. The second kappa shape index (κ2) is 3.49. The van der Waals surface area contributed by atoms with Crippen LogP contribution in [0.3, 0.4) is 0 Å². The van der Waals surface area contributed by atoms with Gasteiger partial charge in [0.1, 0.15) is 0 Å². The number of carbonyl (C=O) groups is 1. The predicted molar refractivity (Wildman–Crippen MR) is 43.8 cm³/mol. The SMILES string of the molecule is CC(N)c1cnc(C(=O)O)c(F)c1. The third kappa shape index (κ3) is 2.00. The van der Waals surface area contributed by atoms with Crippen LogP contribution in [0.1, 0.15) is 29.0 Å². The maximum absolute atomic E-state index is 13.0. The Balaban J connectivity index is 3.13. The molecule has 0 saturated carbocycles. The standard InChI is InChI=1S/C8H9FN2O2/c1-4(10)5-2-6(9)7(8(12)13)11-3-5/h2-4H,10H2,1H3,(H,12,13). The van der Waals surface area contributed by atoms with Crippen molar-refractivity contribution < 1.29 is 14.3 Å². The topological polar surface area (TPSA) is 76.2 Å². The van der Waals surface area contributed by atoms with Crippen LogP contribution < -0.4 is 5.73 Å². The zero-order valence-electron chi connectivity index (χ0n) is 6.99. The summed E-state index contributed by atoms with van der Waals surface area (Å²) in [7, 11) is 0. The Morgan fingerprint density at radius 3 is 2.77 bits per heavy atom. The molecule has 0 aromatic carbocycles. The molecule has 0 fully saturated rings. The number of aromatic carboxylic acids is 1. The Morgan fingerprint density at radius 2 is 2.38 bits per heavy atom. The largest absolute Gasteiger partial charge is 0.476 e. The molecular weight excluding hydrogens is 175 g/mol. The highest BCUT2D eigenvalue weighted by Gasteiger charge is 2.13. The number of nitrogens with zero attached hydrogens (tertiary/aromatic N) is 1. The molecule has 0 spiro atoms. The molecule has 70 valence electrons. The van der Waals surface area contributed by atoms with Crippen molar-refractivity contribution in [3.63, 3.8) is 0 Å². The molecule has 5 heteroatoms. The van der Waals surface area contributed by atoms with E-state index >= 15 is 0 Å². The minimum atomic E-state index is -1.38. The van der Waals surface area contributed by atoms with E-state index in [1.165, 1.54) is 6.20 Å². The van der Waals surface area contributed by atoms with Crippen molar-refractivity contribution in [2.45, 2.75) is 13.0 Å². The molecule has 4 nitrogen and oxygen atoms in total. The Bertz CT molecular complexity index is 339. The van der Waals surface area contributed by atoms with Crippen LogP contribution in [-0.2, 0) is 0 Å². The first-order chi connectivity index (χ1) is 6.02. The molecule has 0 saturated heterocycles. The van der Waals surface area contributed by atoms with Crippen LogP contribution in [0.4, 0.5) is 4.39 Å². The molecule has 1 heterocycles. The van der Waals surface area contributed by atoms with E-state index in [0.29, 0.717) is 5.56 Å². The first-order valence-electron chi connectivity index (χ1n) is 3.66. The van der Waals surface area contributed by atoms with Gasteiger partial charge in [0, 0.05) is 12.2 Å². The molecule has 1 aromatic rings. The molecule has 3 N–H and O–H groups in total. The normalized spacial score (nSPS) is 12.5. The summed E-state index contributed by atoms with van der Waals surface area (Å²) in [4.78, 5) is 13.8. The van der Waals surface area contributed by atoms with Gasteiger partial charge in [0.15, 0.2) is 11.5 Å². The number of hydrogen-bond acceptors (Lipinski definition) is 3. The first kappa shape index (κ1) is 9.60. The van der Waals surface area contributed by atoms with Crippen LogP contribution in [-0.4, -0.2) is 16.1 Å². The maximum Gasteiger partial charge on any atom is 0.357 e. The van der Waals surface area contributed by atoms with E-state index in [-0.39, 0.29) is 6.04 Å². The Labute approximate surface area is 74.2 Å². The molecule has 0 bridgehead atoms. The number of nitrogens with two attached hydrogens (primary N) is 1. The Hall–Kier alpha value is -1.49. The molecular formula is C8H9FN2O2. The van der Waals surface area contributed by atoms with Gasteiger partial charge >= 0.3 is 5.97 Å². The van der Waals surface area contributed by atoms with E-state index in [2.05, 4.69) is 4.98 Å². The smallest absolute Gasteiger partial charge is 0.357 e. The van der Waals surface area contributed by atoms with Gasteiger partial charge in [-0.15, -0.1) is 0 Å². The van der Waals surface area contributed by atoms with Crippen molar-refractivity contribution in [1.82, 2.24) is 4.98 Å². The lowest BCUT2D eigenvalue weighted by Crippen LogP contribution is -2.09. The molecule has 0 radical (unpaired) electrons. The quantitative estimate of drug-likeness (QED) is 0.717. The highest BCUT2D eigenvalue weighted by molar-refractivity contribution is 5.85. The summed E-state index contributed by atoms with van der Waals surface area (Å²) >= 11 is 0. The minimum Gasteiger partial charge on any atom is -0.476 e. The zero-order chi connectivity index (χ0) is 10.0. The molecule has 13 heavy (non-hydrogen) atoms. The lowest BCUT2D eigenvalue weighted by molar-refractivity contribution is 0.0685. The number of aromatic nitrogens is 1. The van der Waals surface area contributed by atoms with Gasteiger partial charge in [-0.2, -0.15) is 0 Å². The fourth-order valence-electron chi connectivity index (χ4n) is 0.859. The summed E-state index contributed by atoms with van der Waals surface area (Å²) in [6.07, 6.45) is 1.26. The highest BCUT2D eigenvalue weighted by Crippen LogP contribution is 2.12. The number of rotatable bonds is 2. The van der Waals surface area contributed by atoms with Gasteiger partial charge in [-0.25, -0.2) is 14.2 Å². The lowest BCUT2D eigenvalue weighted by Gasteiger charge is -2.05. The van der Waals surface area contributed by atoms with Crippen molar-refractivity contribution in [2.24, 2.45) is 5.73 Å². The van der Waals surface area contributed by atoms with Gasteiger partial charge in [-0.1, -0.05) is 0 Å². The molecule has 1 atom stereocenters. The number of halogens is 1. The molecule has 1 unspecified atom stereocenters. The van der Waals surface area contributed by atoms with Crippen LogP contribution in [0, 0.1) is 5.82 Å². The summed E-state index contributed by atoms with van der Waals surface area (Å²) in [5.41, 5.74) is 5.35. The van der Waals surface area contributed by atoms with E-state index < -0.39 is 17.5 Å². The van der Waals surface area contributed by atoms with Gasteiger partial charge in [-0.3, -0.25) is 0 Å². The minimum absolute atomic E-state index is 0.357. The molecule has 0 aliphatic carbocycles. The van der Waals surface area contributed by atoms with Gasteiger partial charge in [-0.05, 0) is 18.6 Å². The number of carboxylic acid groups (broad SMARTS) is 1. The number of pyridine rings is 1. The van der Waals surface area contributed by atoms with Crippen molar-refractivity contribution >= 4 is 5.97 Å². The zero-order valence-corrected chi connectivity index (χ0v) is 6.99. The monoisotopic (exact) mass is 184 g/mol. The summed E-state index contributed by atoms with van der Waals surface area (Å²) in [6.45, 7) is 1.66. The fourth-order valence-corrected chi connectivity index (χ4v) is 0.859. The van der Waals surface area contributed by atoms with Gasteiger partial charge in [0.2, 0.25) is 0 Å². The maximum atomic E-state index is 13.0. The molecule has 0 aliphatic heterocycles. The second-order valence-electron chi connectivity index (χ2n) is 2.69. The van der Waals surface area contributed by atoms with Crippen LogP contribution in [0.25, 0.3) is 0 Å². The average Bonchev–Trinajstić information content (AvgIpc) is 2.03. The van der Waals surface area contributed by atoms with Crippen LogP contribution in [0.2, 0.25) is 0 Å². The van der Waals surface area contributed by atoms with Gasteiger partial charge in [0.05, 0.1) is 0 Å². The van der Waals surface area contributed by atoms with Crippen molar-refractivity contribution in [3.05, 3.63) is 29.3 Å². The molecule has 1 aromatic heterocycles. The van der Waals surface area contributed by atoms with Crippen LogP contribution in [0.15, 0.2) is 12.3 Å². The van der Waals surface area contributed by atoms with E-state index in [4.69, 9.17) is 10.8 Å². The van der Waals surface area contributed by atoms with E-state index in [0.717, 1.165) is 6.07 Å². The number of hydrogen-bond donors (Lipinski definition) is 2. The molecule has 1 rings (SSSR count). The second-order valence-corrected chi connectivity index (χ2v) is 2.69. The third-order valence-corrected chi connectivity index (χ3v) is 1.59. The van der Waals surface area contributed by atoms with Crippen molar-refractivity contribution in [1.29, 1.82) is 0 Å². The predicted octanol–water partition coefficient (Wildman–Crippen LogP) is 0.939. The van der Waals surface area contributed by atoms with Crippen molar-refractivity contribution in [2.75, 3.05) is 0 Å². The summed E-state index contributed by atoms with van der Waals surface area (Å²) in [6, 6.07) is 0.728. The molecule has 0 aliphatic rings. The number of carboxylic acids is 1. The van der Waals surface area contributed by atoms with E-state index in [9.17, 15) is 9.18 Å². The third-order valence-electron chi connectivity index (χ3n) is 1.59. The fraction of sp³-hybridized carbons (Fsp3) is 0.250. The highest BCUT2D eigenvalue weighted by atomic mass is 19.1. The van der Waals surface area contributed by atoms with Crippen LogP contribution >= 0.6 is 0 Å². The van der Waals surface area contributed by atoms with Crippen molar-refractivity contribution in [3.8, 4) is 0 Å². The molecule has 0 amide bonds. The first-order valence-corrected chi connectivity index (χ1v) is 3.66. The average molecular weight is 184 g/mol. The van der Waals surface area contributed by atoms with Gasteiger partial charge < -0.3 is 10.8 Å². The summed E-state index contributed by atoms with van der Waals surface area (Å²) in [5, 5.41) is 8.46. The van der Waals surface area contributed by atoms with E-state index in [1.807, 2.05) is 0 Å². The summed E-state index contributed by atoms with van der Waals surface area (Å²) < 4.78 is 13.0. The van der Waals surface area contributed by atoms with Crippen LogP contribution in [0.5, 0.6) is 0 Å².